The number of hydrogen-bond donors (Lipinski definition) is 0. The first kappa shape index (κ1) is 10.1. The maximum Gasteiger partial charge on any atom is 0.165 e. The van der Waals surface area contributed by atoms with Gasteiger partial charge in [-0.05, 0) is 11.6 Å². The van der Waals surface area contributed by atoms with Gasteiger partial charge in [0.2, 0.25) is 0 Å². The van der Waals surface area contributed by atoms with Crippen LogP contribution in [0.3, 0.4) is 0 Å². The van der Waals surface area contributed by atoms with Crippen molar-refractivity contribution in [3.63, 3.8) is 0 Å². The normalized spacial score (nSPS) is 31.3. The molecule has 3 rings (SSSR count). The van der Waals surface area contributed by atoms with Crippen molar-refractivity contribution in [1.29, 1.82) is 0 Å². The average Bonchev–Trinajstić information content (AvgIpc) is 2.84. The zero-order valence-corrected chi connectivity index (χ0v) is 9.79. The molecule has 0 N–H and O–H groups in total. The number of fused-ring (bicyclic) bond motifs is 2. The van der Waals surface area contributed by atoms with Crippen LogP contribution < -0.4 is 0 Å². The van der Waals surface area contributed by atoms with E-state index in [1.165, 1.54) is 0 Å². The summed E-state index contributed by atoms with van der Waals surface area (Å²) in [6.07, 6.45) is 4.73. The summed E-state index contributed by atoms with van der Waals surface area (Å²) in [5.41, 5.74) is 2.08. The molecule has 1 heterocycles. The van der Waals surface area contributed by atoms with Crippen molar-refractivity contribution in [1.82, 2.24) is 0 Å². The van der Waals surface area contributed by atoms with Gasteiger partial charge in [-0.2, -0.15) is 0 Å². The molecular weight excluding hydrogens is 220 g/mol. The number of Topliss-reactive ketones (excluding diaryl/α,β-unsaturated/α-hetero) is 1. The van der Waals surface area contributed by atoms with Gasteiger partial charge in [-0.3, -0.25) is 4.79 Å². The lowest BCUT2D eigenvalue weighted by Gasteiger charge is -2.22. The maximum absolute atomic E-state index is 11.9. The molecule has 0 radical (unpaired) electrons. The smallest absolute Gasteiger partial charge is 0.165 e. The molecular formula is C13H12O2S. The van der Waals surface area contributed by atoms with E-state index in [1.54, 1.807) is 18.9 Å². The second-order valence-corrected chi connectivity index (χ2v) is 5.54. The minimum atomic E-state index is -0.172. The Bertz CT molecular complexity index is 481. The molecule has 2 aliphatic rings. The van der Waals surface area contributed by atoms with Crippen molar-refractivity contribution in [2.75, 3.05) is 7.11 Å². The van der Waals surface area contributed by atoms with Crippen molar-refractivity contribution in [2.45, 2.75) is 16.6 Å². The molecule has 1 aromatic rings. The minimum absolute atomic E-state index is 0.0685. The van der Waals surface area contributed by atoms with Crippen molar-refractivity contribution >= 4 is 17.5 Å². The SMILES string of the molecule is COC1C=CC2(CC(=O)c3ccccc32)S1. The molecule has 1 aliphatic carbocycles. The molecule has 0 bridgehead atoms. The van der Waals surface area contributed by atoms with E-state index in [0.717, 1.165) is 11.1 Å². The Labute approximate surface area is 98.7 Å². The third kappa shape index (κ3) is 1.28. The third-order valence-corrected chi connectivity index (χ3v) is 4.69. The second-order valence-electron chi connectivity index (χ2n) is 4.12. The van der Waals surface area contributed by atoms with E-state index in [1.807, 2.05) is 24.3 Å². The van der Waals surface area contributed by atoms with Crippen LogP contribution in [0.15, 0.2) is 36.4 Å². The van der Waals surface area contributed by atoms with Crippen LogP contribution in [0.5, 0.6) is 0 Å². The predicted octanol–water partition coefficient (Wildman–Crippen LogP) is 2.74. The number of ether oxygens (including phenoxy) is 1. The summed E-state index contributed by atoms with van der Waals surface area (Å²) in [7, 11) is 1.70. The molecule has 0 saturated carbocycles. The van der Waals surface area contributed by atoms with Gasteiger partial charge in [0.25, 0.3) is 0 Å². The number of thioether (sulfide) groups is 1. The number of hydrogen-bond acceptors (Lipinski definition) is 3. The Morgan fingerprint density at radius 3 is 3.00 bits per heavy atom. The van der Waals surface area contributed by atoms with Crippen LogP contribution in [0.25, 0.3) is 0 Å². The molecule has 0 fully saturated rings. The van der Waals surface area contributed by atoms with Crippen molar-refractivity contribution in [2.24, 2.45) is 0 Å². The average molecular weight is 232 g/mol. The summed E-state index contributed by atoms with van der Waals surface area (Å²) >= 11 is 1.71. The van der Waals surface area contributed by atoms with E-state index in [2.05, 4.69) is 12.1 Å². The molecule has 0 aromatic heterocycles. The van der Waals surface area contributed by atoms with Gasteiger partial charge in [-0.1, -0.05) is 30.3 Å². The fourth-order valence-electron chi connectivity index (χ4n) is 2.42. The highest BCUT2D eigenvalue weighted by Crippen LogP contribution is 2.53. The van der Waals surface area contributed by atoms with E-state index in [9.17, 15) is 4.79 Å². The Morgan fingerprint density at radius 1 is 1.44 bits per heavy atom. The number of rotatable bonds is 1. The first-order chi connectivity index (χ1) is 7.75. The van der Waals surface area contributed by atoms with Crippen molar-refractivity contribution < 1.29 is 9.53 Å². The molecule has 1 aliphatic heterocycles. The first-order valence-corrected chi connectivity index (χ1v) is 6.16. The summed E-state index contributed by atoms with van der Waals surface area (Å²) in [5.74, 6) is 0.240. The van der Waals surface area contributed by atoms with Gasteiger partial charge in [0.15, 0.2) is 5.78 Å². The third-order valence-electron chi connectivity index (χ3n) is 3.19. The van der Waals surface area contributed by atoms with Gasteiger partial charge in [0, 0.05) is 19.1 Å². The van der Waals surface area contributed by atoms with Crippen LogP contribution >= 0.6 is 11.8 Å². The molecule has 3 heteroatoms. The Morgan fingerprint density at radius 2 is 2.25 bits per heavy atom. The molecule has 0 amide bonds. The maximum atomic E-state index is 11.9. The van der Waals surface area contributed by atoms with Crippen LogP contribution in [-0.4, -0.2) is 18.3 Å². The van der Waals surface area contributed by atoms with Gasteiger partial charge in [-0.25, -0.2) is 0 Å². The Balaban J connectivity index is 2.08. The van der Waals surface area contributed by atoms with Crippen LogP contribution in [0, 0.1) is 0 Å². The molecule has 1 spiro atoms. The predicted molar refractivity (Wildman–Crippen MR) is 64.6 cm³/mol. The first-order valence-electron chi connectivity index (χ1n) is 5.28. The lowest BCUT2D eigenvalue weighted by molar-refractivity contribution is 0.0989. The van der Waals surface area contributed by atoms with E-state index in [4.69, 9.17) is 4.74 Å². The zero-order chi connectivity index (χ0) is 11.2. The van der Waals surface area contributed by atoms with Crippen molar-refractivity contribution in [3.8, 4) is 0 Å². The lowest BCUT2D eigenvalue weighted by Crippen LogP contribution is -2.14. The summed E-state index contributed by atoms with van der Waals surface area (Å²) < 4.78 is 5.14. The number of carbonyl (C=O) groups excluding carboxylic acids is 1. The quantitative estimate of drug-likeness (QED) is 0.696. The molecule has 16 heavy (non-hydrogen) atoms. The van der Waals surface area contributed by atoms with Crippen LogP contribution in [0.1, 0.15) is 22.3 Å². The highest BCUT2D eigenvalue weighted by Gasteiger charge is 2.45. The lowest BCUT2D eigenvalue weighted by atomic mass is 10.0. The van der Waals surface area contributed by atoms with Gasteiger partial charge < -0.3 is 4.74 Å². The zero-order valence-electron chi connectivity index (χ0n) is 8.97. The monoisotopic (exact) mass is 232 g/mol. The Kier molecular flexibility index (Phi) is 2.19. The van der Waals surface area contributed by atoms with E-state index >= 15 is 0 Å². The summed E-state index contributed by atoms with van der Waals surface area (Å²) in [6.45, 7) is 0. The van der Waals surface area contributed by atoms with Crippen LogP contribution in [0.2, 0.25) is 0 Å². The number of methoxy groups -OCH3 is 1. The molecule has 2 atom stereocenters. The molecule has 0 saturated heterocycles. The molecule has 82 valence electrons. The minimum Gasteiger partial charge on any atom is -0.367 e. The fraction of sp³-hybridized carbons (Fsp3) is 0.308. The Hall–Kier alpha value is -1.06. The summed E-state index contributed by atoms with van der Waals surface area (Å²) in [4.78, 5) is 11.9. The van der Waals surface area contributed by atoms with Crippen LogP contribution in [-0.2, 0) is 9.48 Å². The molecule has 2 unspecified atom stereocenters. The largest absolute Gasteiger partial charge is 0.367 e. The van der Waals surface area contributed by atoms with Gasteiger partial charge in [0.05, 0.1) is 4.75 Å². The molecule has 2 nitrogen and oxygen atoms in total. The van der Waals surface area contributed by atoms with E-state index < -0.39 is 0 Å². The number of benzene rings is 1. The van der Waals surface area contributed by atoms with E-state index in [-0.39, 0.29) is 16.0 Å². The number of carbonyl (C=O) groups is 1. The topological polar surface area (TPSA) is 26.3 Å². The standard InChI is InChI=1S/C13H12O2S/c1-15-12-6-7-13(16-12)8-11(14)9-4-2-3-5-10(9)13/h2-7,12H,8H2,1H3. The van der Waals surface area contributed by atoms with Crippen LogP contribution in [0.4, 0.5) is 0 Å². The number of ketones is 1. The van der Waals surface area contributed by atoms with Crippen molar-refractivity contribution in [3.05, 3.63) is 47.5 Å². The summed E-state index contributed by atoms with van der Waals surface area (Å²) in [5, 5.41) is 0. The molecule has 1 aromatic carbocycles. The second kappa shape index (κ2) is 3.47. The van der Waals surface area contributed by atoms with Gasteiger partial charge in [0.1, 0.15) is 5.44 Å². The van der Waals surface area contributed by atoms with E-state index in [0.29, 0.717) is 6.42 Å². The fourth-order valence-corrected chi connectivity index (χ4v) is 3.77. The van der Waals surface area contributed by atoms with Gasteiger partial charge in [-0.15, -0.1) is 11.8 Å². The highest BCUT2D eigenvalue weighted by atomic mass is 32.2. The summed E-state index contributed by atoms with van der Waals surface area (Å²) in [6, 6.07) is 7.89. The highest BCUT2D eigenvalue weighted by molar-refractivity contribution is 8.01. The van der Waals surface area contributed by atoms with Gasteiger partial charge >= 0.3 is 0 Å².